The minimum atomic E-state index is -4.96. The number of methoxy groups -OCH3 is 1. The molecule has 1 aliphatic heterocycles. The van der Waals surface area contributed by atoms with Gasteiger partial charge in [0.15, 0.2) is 0 Å². The van der Waals surface area contributed by atoms with Crippen molar-refractivity contribution in [1.82, 2.24) is 9.88 Å². The topological polar surface area (TPSA) is 68.7 Å². The van der Waals surface area contributed by atoms with E-state index >= 15 is 0 Å². The lowest BCUT2D eigenvalue weighted by Crippen LogP contribution is -2.32. The maximum atomic E-state index is 13.0. The molecule has 1 aliphatic rings. The van der Waals surface area contributed by atoms with Crippen LogP contribution in [-0.2, 0) is 6.54 Å². The van der Waals surface area contributed by atoms with Gasteiger partial charge in [-0.05, 0) is 35.9 Å². The standard InChI is InChI=1S/C24H19F3N2O4/c1-32-21-9-7-18(13-28-21)17-6-8-20-19(12-17)14-29(10-11-33-20)23(31)16-4-2-15(3-5-16)22(30)24(25,26)27/h2-9,12-13H,10-11,14H2,1H3. The van der Waals surface area contributed by atoms with Crippen molar-refractivity contribution in [3.63, 3.8) is 0 Å². The minimum absolute atomic E-state index is 0.188. The molecule has 2 heterocycles. The van der Waals surface area contributed by atoms with E-state index < -0.39 is 17.5 Å². The number of alkyl halides is 3. The molecule has 0 unspecified atom stereocenters. The van der Waals surface area contributed by atoms with Crippen molar-refractivity contribution in [2.45, 2.75) is 12.7 Å². The van der Waals surface area contributed by atoms with Crippen molar-refractivity contribution in [3.8, 4) is 22.8 Å². The van der Waals surface area contributed by atoms with E-state index in [4.69, 9.17) is 9.47 Å². The zero-order chi connectivity index (χ0) is 23.6. The quantitative estimate of drug-likeness (QED) is 0.540. The number of nitrogens with zero attached hydrogens (tertiary/aromatic N) is 2. The summed E-state index contributed by atoms with van der Waals surface area (Å²) in [6.07, 6.45) is -3.28. The molecule has 0 aliphatic carbocycles. The highest BCUT2D eigenvalue weighted by molar-refractivity contribution is 6.01. The van der Waals surface area contributed by atoms with Crippen LogP contribution in [0.25, 0.3) is 11.1 Å². The molecule has 4 rings (SSSR count). The van der Waals surface area contributed by atoms with E-state index in [1.807, 2.05) is 24.3 Å². The molecule has 0 fully saturated rings. The summed E-state index contributed by atoms with van der Waals surface area (Å²) in [6.45, 7) is 0.831. The molecule has 33 heavy (non-hydrogen) atoms. The number of fused-ring (bicyclic) bond motifs is 1. The number of carbonyl (C=O) groups excluding carboxylic acids is 2. The number of pyridine rings is 1. The van der Waals surface area contributed by atoms with Crippen molar-refractivity contribution in [3.05, 3.63) is 77.5 Å². The largest absolute Gasteiger partial charge is 0.491 e. The molecule has 6 nitrogen and oxygen atoms in total. The van der Waals surface area contributed by atoms with Crippen LogP contribution in [0.1, 0.15) is 26.3 Å². The molecule has 1 aromatic heterocycles. The third-order valence-corrected chi connectivity index (χ3v) is 5.26. The number of aromatic nitrogens is 1. The number of rotatable bonds is 4. The Morgan fingerprint density at radius 2 is 1.70 bits per heavy atom. The molecular formula is C24H19F3N2O4. The highest BCUT2D eigenvalue weighted by Gasteiger charge is 2.39. The maximum absolute atomic E-state index is 13.0. The first-order valence-electron chi connectivity index (χ1n) is 10.0. The first kappa shape index (κ1) is 22.3. The Morgan fingerprint density at radius 3 is 2.33 bits per heavy atom. The molecule has 0 radical (unpaired) electrons. The molecule has 170 valence electrons. The van der Waals surface area contributed by atoms with Crippen molar-refractivity contribution in [2.24, 2.45) is 0 Å². The molecule has 3 aromatic rings. The van der Waals surface area contributed by atoms with Crippen molar-refractivity contribution < 1.29 is 32.2 Å². The van der Waals surface area contributed by atoms with Gasteiger partial charge in [0.2, 0.25) is 5.88 Å². The highest BCUT2D eigenvalue weighted by atomic mass is 19.4. The normalized spacial score (nSPS) is 13.5. The van der Waals surface area contributed by atoms with Crippen LogP contribution in [0.3, 0.4) is 0 Å². The van der Waals surface area contributed by atoms with E-state index in [0.717, 1.165) is 28.8 Å². The molecule has 0 N–H and O–H groups in total. The Kier molecular flexibility index (Phi) is 6.04. The van der Waals surface area contributed by atoms with E-state index in [2.05, 4.69) is 4.98 Å². The van der Waals surface area contributed by atoms with E-state index in [1.54, 1.807) is 17.2 Å². The lowest BCUT2D eigenvalue weighted by atomic mass is 10.0. The van der Waals surface area contributed by atoms with Crippen LogP contribution in [0, 0.1) is 0 Å². The summed E-state index contributed by atoms with van der Waals surface area (Å²) in [6, 6.07) is 13.8. The number of benzene rings is 2. The fraction of sp³-hybridized carbons (Fsp3) is 0.208. The third kappa shape index (κ3) is 4.82. The Labute approximate surface area is 187 Å². The van der Waals surface area contributed by atoms with E-state index in [1.165, 1.54) is 19.2 Å². The van der Waals surface area contributed by atoms with Crippen LogP contribution in [0.5, 0.6) is 11.6 Å². The maximum Gasteiger partial charge on any atom is 0.454 e. The zero-order valence-corrected chi connectivity index (χ0v) is 17.6. The number of ketones is 1. The summed E-state index contributed by atoms with van der Waals surface area (Å²) in [5, 5.41) is 0. The average molecular weight is 456 g/mol. The van der Waals surface area contributed by atoms with Gasteiger partial charge in [-0.15, -0.1) is 0 Å². The number of hydrogen-bond donors (Lipinski definition) is 0. The van der Waals surface area contributed by atoms with Crippen LogP contribution < -0.4 is 9.47 Å². The van der Waals surface area contributed by atoms with E-state index in [0.29, 0.717) is 18.2 Å². The van der Waals surface area contributed by atoms with Gasteiger partial charge in [-0.3, -0.25) is 9.59 Å². The van der Waals surface area contributed by atoms with Crippen molar-refractivity contribution in [2.75, 3.05) is 20.3 Å². The lowest BCUT2D eigenvalue weighted by molar-refractivity contribution is -0.0885. The number of amides is 1. The summed E-state index contributed by atoms with van der Waals surface area (Å²) in [5.74, 6) is -1.16. The van der Waals surface area contributed by atoms with E-state index in [9.17, 15) is 22.8 Å². The number of Topliss-reactive ketones (excluding diaryl/α,β-unsaturated/α-hetero) is 1. The van der Waals surface area contributed by atoms with Gasteiger partial charge in [-0.1, -0.05) is 18.2 Å². The molecule has 2 aromatic carbocycles. The van der Waals surface area contributed by atoms with Crippen LogP contribution >= 0.6 is 0 Å². The number of ether oxygens (including phenoxy) is 2. The minimum Gasteiger partial charge on any atom is -0.491 e. The molecule has 1 amide bonds. The second kappa shape index (κ2) is 8.93. The summed E-state index contributed by atoms with van der Waals surface area (Å²) in [7, 11) is 1.54. The predicted molar refractivity (Wildman–Crippen MR) is 113 cm³/mol. The van der Waals surface area contributed by atoms with E-state index in [-0.39, 0.29) is 24.6 Å². The van der Waals surface area contributed by atoms with Crippen molar-refractivity contribution >= 4 is 11.7 Å². The third-order valence-electron chi connectivity index (χ3n) is 5.26. The van der Waals surface area contributed by atoms with Gasteiger partial charge in [-0.25, -0.2) is 4.98 Å². The van der Waals surface area contributed by atoms with Crippen LogP contribution in [-0.4, -0.2) is 48.0 Å². The highest BCUT2D eigenvalue weighted by Crippen LogP contribution is 2.30. The van der Waals surface area contributed by atoms with Gasteiger partial charge in [-0.2, -0.15) is 13.2 Å². The van der Waals surface area contributed by atoms with Gasteiger partial charge in [0.1, 0.15) is 12.4 Å². The second-order valence-corrected chi connectivity index (χ2v) is 7.39. The summed E-state index contributed by atoms with van der Waals surface area (Å²) >= 11 is 0. The smallest absolute Gasteiger partial charge is 0.454 e. The Bertz CT molecular complexity index is 1180. The molecule has 0 saturated carbocycles. The SMILES string of the molecule is COc1ccc(-c2ccc3c(c2)CN(C(=O)c2ccc(C(=O)C(F)(F)F)cc2)CCO3)cn1. The fourth-order valence-electron chi connectivity index (χ4n) is 3.53. The van der Waals surface area contributed by atoms with Gasteiger partial charge in [0, 0.05) is 41.1 Å². The first-order valence-corrected chi connectivity index (χ1v) is 10.0. The molecule has 0 saturated heterocycles. The fourth-order valence-corrected chi connectivity index (χ4v) is 3.53. The summed E-state index contributed by atoms with van der Waals surface area (Å²) in [4.78, 5) is 30.1. The van der Waals surface area contributed by atoms with Crippen LogP contribution in [0.15, 0.2) is 60.8 Å². The van der Waals surface area contributed by atoms with Gasteiger partial charge in [0.05, 0.1) is 13.7 Å². The summed E-state index contributed by atoms with van der Waals surface area (Å²) in [5.41, 5.74) is 2.22. The van der Waals surface area contributed by atoms with Crippen molar-refractivity contribution in [1.29, 1.82) is 0 Å². The zero-order valence-electron chi connectivity index (χ0n) is 17.6. The summed E-state index contributed by atoms with van der Waals surface area (Å²) < 4.78 is 48.7. The van der Waals surface area contributed by atoms with Crippen LogP contribution in [0.2, 0.25) is 0 Å². The number of hydrogen-bond acceptors (Lipinski definition) is 5. The van der Waals surface area contributed by atoms with Gasteiger partial charge in [0.25, 0.3) is 11.7 Å². The Morgan fingerprint density at radius 1 is 1.00 bits per heavy atom. The lowest BCUT2D eigenvalue weighted by Gasteiger charge is -2.20. The number of carbonyl (C=O) groups is 2. The first-order chi connectivity index (χ1) is 15.8. The average Bonchev–Trinajstić information content (AvgIpc) is 3.04. The Balaban J connectivity index is 1.55. The van der Waals surface area contributed by atoms with Crippen LogP contribution in [0.4, 0.5) is 13.2 Å². The molecule has 0 bridgehead atoms. The van der Waals surface area contributed by atoms with Gasteiger partial charge < -0.3 is 14.4 Å². The molecule has 9 heteroatoms. The Hall–Kier alpha value is -3.88. The predicted octanol–water partition coefficient (Wildman–Crippen LogP) is 4.54. The molecular weight excluding hydrogens is 437 g/mol. The molecule has 0 atom stereocenters. The second-order valence-electron chi connectivity index (χ2n) is 7.39. The molecule has 0 spiro atoms. The van der Waals surface area contributed by atoms with Gasteiger partial charge >= 0.3 is 6.18 Å². The monoisotopic (exact) mass is 456 g/mol. The number of halogens is 3.